The van der Waals surface area contributed by atoms with Gasteiger partial charge in [-0.15, -0.1) is 0 Å². The van der Waals surface area contributed by atoms with Gasteiger partial charge >= 0.3 is 0 Å². The van der Waals surface area contributed by atoms with Gasteiger partial charge in [0.1, 0.15) is 0 Å². The predicted octanol–water partition coefficient (Wildman–Crippen LogP) is 2.02. The molecule has 0 unspecified atom stereocenters. The van der Waals surface area contributed by atoms with E-state index in [-0.39, 0.29) is 4.90 Å². The highest BCUT2D eigenvalue weighted by Gasteiger charge is 2.06. The van der Waals surface area contributed by atoms with Crippen LogP contribution in [-0.2, 0) is 9.84 Å². The Labute approximate surface area is 89.6 Å². The Balaban J connectivity index is 3.13. The summed E-state index contributed by atoms with van der Waals surface area (Å²) < 4.78 is 22.3. The van der Waals surface area contributed by atoms with Crippen LogP contribution in [0, 0.1) is 11.3 Å². The minimum atomic E-state index is -3.14. The second-order valence-corrected chi connectivity index (χ2v) is 5.27. The maximum atomic E-state index is 11.2. The van der Waals surface area contributed by atoms with Crippen molar-refractivity contribution in [1.82, 2.24) is 0 Å². The summed E-state index contributed by atoms with van der Waals surface area (Å²) in [5.74, 6) is 0. The lowest BCUT2D eigenvalue weighted by Gasteiger charge is -2.01. The Hall–Kier alpha value is -1.60. The van der Waals surface area contributed by atoms with E-state index in [1.165, 1.54) is 12.3 Å². The maximum absolute atomic E-state index is 11.2. The first-order valence-corrected chi connectivity index (χ1v) is 6.21. The van der Waals surface area contributed by atoms with Crippen molar-refractivity contribution in [2.24, 2.45) is 0 Å². The van der Waals surface area contributed by atoms with Crippen molar-refractivity contribution in [1.29, 1.82) is 5.26 Å². The number of hydrogen-bond acceptors (Lipinski definition) is 3. The molecule has 0 bridgehead atoms. The molecule has 0 saturated heterocycles. The van der Waals surface area contributed by atoms with Crippen LogP contribution < -0.4 is 0 Å². The lowest BCUT2D eigenvalue weighted by Crippen LogP contribution is -1.96. The van der Waals surface area contributed by atoms with Gasteiger partial charge in [-0.3, -0.25) is 0 Å². The Morgan fingerprint density at radius 3 is 2.27 bits per heavy atom. The molecule has 0 radical (unpaired) electrons. The first-order valence-electron chi connectivity index (χ1n) is 4.32. The molecule has 1 rings (SSSR count). The number of nitriles is 1. The lowest BCUT2D eigenvalue weighted by molar-refractivity contribution is 0.602. The number of hydrogen-bond donors (Lipinski definition) is 0. The second kappa shape index (κ2) is 4.28. The molecule has 15 heavy (non-hydrogen) atoms. The third-order valence-corrected chi connectivity index (χ3v) is 3.15. The van der Waals surface area contributed by atoms with E-state index in [9.17, 15) is 8.42 Å². The van der Waals surface area contributed by atoms with Gasteiger partial charge in [0.05, 0.1) is 11.0 Å². The van der Waals surface area contributed by atoms with Crippen LogP contribution in [0.15, 0.2) is 35.2 Å². The van der Waals surface area contributed by atoms with Crippen molar-refractivity contribution >= 4 is 15.4 Å². The fourth-order valence-corrected chi connectivity index (χ4v) is 1.78. The average molecular weight is 221 g/mol. The molecule has 0 aliphatic rings. The normalized spacial score (nSPS) is 12.2. The van der Waals surface area contributed by atoms with Crippen molar-refractivity contribution in [3.8, 4) is 6.07 Å². The number of sulfone groups is 1. The molecular formula is C11H11NO2S. The van der Waals surface area contributed by atoms with Crippen LogP contribution in [-0.4, -0.2) is 14.7 Å². The zero-order valence-electron chi connectivity index (χ0n) is 8.56. The zero-order valence-corrected chi connectivity index (χ0v) is 9.38. The van der Waals surface area contributed by atoms with E-state index in [2.05, 4.69) is 0 Å². The van der Waals surface area contributed by atoms with Crippen LogP contribution in [0.25, 0.3) is 5.57 Å². The van der Waals surface area contributed by atoms with Gasteiger partial charge in [0, 0.05) is 12.3 Å². The van der Waals surface area contributed by atoms with Gasteiger partial charge in [0.15, 0.2) is 9.84 Å². The SMILES string of the molecule is C/C(=C/C#N)c1ccc(S(C)(=O)=O)cc1. The summed E-state index contributed by atoms with van der Waals surface area (Å²) in [4.78, 5) is 0.288. The average Bonchev–Trinajstić information content (AvgIpc) is 2.17. The van der Waals surface area contributed by atoms with E-state index >= 15 is 0 Å². The molecule has 78 valence electrons. The molecule has 0 atom stereocenters. The summed E-state index contributed by atoms with van der Waals surface area (Å²) in [7, 11) is -3.14. The van der Waals surface area contributed by atoms with Crippen molar-refractivity contribution in [3.63, 3.8) is 0 Å². The Bertz CT molecular complexity index is 519. The lowest BCUT2D eigenvalue weighted by atomic mass is 10.1. The molecule has 0 heterocycles. The van der Waals surface area contributed by atoms with E-state index in [4.69, 9.17) is 5.26 Å². The summed E-state index contributed by atoms with van der Waals surface area (Å²) in [6, 6.07) is 8.40. The molecule has 1 aromatic carbocycles. The smallest absolute Gasteiger partial charge is 0.175 e. The Morgan fingerprint density at radius 1 is 1.33 bits per heavy atom. The van der Waals surface area contributed by atoms with E-state index in [0.717, 1.165) is 11.1 Å². The van der Waals surface area contributed by atoms with Crippen molar-refractivity contribution in [2.45, 2.75) is 11.8 Å². The highest BCUT2D eigenvalue weighted by Crippen LogP contribution is 2.16. The Morgan fingerprint density at radius 2 is 1.87 bits per heavy atom. The molecular weight excluding hydrogens is 210 g/mol. The molecule has 0 fully saturated rings. The fraction of sp³-hybridized carbons (Fsp3) is 0.182. The van der Waals surface area contributed by atoms with Gasteiger partial charge in [-0.05, 0) is 30.2 Å². The summed E-state index contributed by atoms with van der Waals surface area (Å²) >= 11 is 0. The molecule has 0 aromatic heterocycles. The van der Waals surface area contributed by atoms with Crippen molar-refractivity contribution in [3.05, 3.63) is 35.9 Å². The minimum Gasteiger partial charge on any atom is -0.224 e. The van der Waals surface area contributed by atoms with E-state index in [1.807, 2.05) is 6.07 Å². The van der Waals surface area contributed by atoms with Gasteiger partial charge < -0.3 is 0 Å². The van der Waals surface area contributed by atoms with Gasteiger partial charge in [-0.2, -0.15) is 5.26 Å². The number of nitrogens with zero attached hydrogens (tertiary/aromatic N) is 1. The molecule has 0 aliphatic carbocycles. The second-order valence-electron chi connectivity index (χ2n) is 3.25. The van der Waals surface area contributed by atoms with E-state index < -0.39 is 9.84 Å². The summed E-state index contributed by atoms with van der Waals surface area (Å²) in [6.07, 6.45) is 2.59. The predicted molar refractivity (Wildman–Crippen MR) is 58.8 cm³/mol. The quantitative estimate of drug-likeness (QED) is 0.718. The van der Waals surface area contributed by atoms with Gasteiger partial charge in [-0.25, -0.2) is 8.42 Å². The summed E-state index contributed by atoms with van der Waals surface area (Å²) in [6.45, 7) is 1.80. The number of allylic oxidation sites excluding steroid dienone is 2. The molecule has 0 N–H and O–H groups in total. The third-order valence-electron chi connectivity index (χ3n) is 2.02. The molecule has 0 spiro atoms. The van der Waals surface area contributed by atoms with Gasteiger partial charge in [0.2, 0.25) is 0 Å². The molecule has 3 nitrogen and oxygen atoms in total. The molecule has 1 aromatic rings. The zero-order chi connectivity index (χ0) is 11.5. The maximum Gasteiger partial charge on any atom is 0.175 e. The number of benzene rings is 1. The first-order chi connectivity index (χ1) is 6.95. The number of rotatable bonds is 2. The minimum absolute atomic E-state index is 0.288. The van der Waals surface area contributed by atoms with Crippen LogP contribution in [0.5, 0.6) is 0 Å². The summed E-state index contributed by atoms with van der Waals surface area (Å²) in [5, 5.41) is 8.46. The summed E-state index contributed by atoms with van der Waals surface area (Å²) in [5.41, 5.74) is 1.67. The third kappa shape index (κ3) is 2.93. The fourth-order valence-electron chi connectivity index (χ4n) is 1.15. The molecule has 4 heteroatoms. The van der Waals surface area contributed by atoms with E-state index in [1.54, 1.807) is 31.2 Å². The monoisotopic (exact) mass is 221 g/mol. The van der Waals surface area contributed by atoms with Crippen LogP contribution in [0.1, 0.15) is 12.5 Å². The van der Waals surface area contributed by atoms with Crippen LogP contribution in [0.4, 0.5) is 0 Å². The first kappa shape index (κ1) is 11.5. The van der Waals surface area contributed by atoms with Crippen molar-refractivity contribution in [2.75, 3.05) is 6.26 Å². The van der Waals surface area contributed by atoms with Gasteiger partial charge in [0.25, 0.3) is 0 Å². The highest BCUT2D eigenvalue weighted by molar-refractivity contribution is 7.90. The molecule has 0 saturated carbocycles. The molecule has 0 amide bonds. The Kier molecular flexibility index (Phi) is 3.28. The van der Waals surface area contributed by atoms with Crippen LogP contribution in [0.3, 0.4) is 0 Å². The van der Waals surface area contributed by atoms with Crippen LogP contribution >= 0.6 is 0 Å². The van der Waals surface area contributed by atoms with Crippen LogP contribution in [0.2, 0.25) is 0 Å². The standard InChI is InChI=1S/C11H11NO2S/c1-9(7-8-12)10-3-5-11(6-4-10)15(2,13)14/h3-7H,1-2H3/b9-7-. The van der Waals surface area contributed by atoms with Gasteiger partial charge in [-0.1, -0.05) is 12.1 Å². The highest BCUT2D eigenvalue weighted by atomic mass is 32.2. The largest absolute Gasteiger partial charge is 0.224 e. The van der Waals surface area contributed by atoms with Crippen molar-refractivity contribution < 1.29 is 8.42 Å². The molecule has 0 aliphatic heterocycles. The van der Waals surface area contributed by atoms with E-state index in [0.29, 0.717) is 0 Å². The topological polar surface area (TPSA) is 57.9 Å².